The van der Waals surface area contributed by atoms with E-state index in [1.165, 1.54) is 43.9 Å². The van der Waals surface area contributed by atoms with Crippen molar-refractivity contribution in [2.24, 2.45) is 5.73 Å². The van der Waals surface area contributed by atoms with Crippen molar-refractivity contribution >= 4 is 11.8 Å². The summed E-state index contributed by atoms with van der Waals surface area (Å²) in [6.45, 7) is 4.82. The average Bonchev–Trinajstić information content (AvgIpc) is 2.83. The van der Waals surface area contributed by atoms with E-state index in [1.54, 1.807) is 0 Å². The lowest BCUT2D eigenvalue weighted by Crippen LogP contribution is -2.42. The quantitative estimate of drug-likeness (QED) is 0.745. The standard InChI is InChI=1S/C10H20N2S/c1-9-8-13-7-6-12(9)5-4-10(11)2-3-10/h9H,2-8,11H2,1H3. The Balaban J connectivity index is 1.73. The van der Waals surface area contributed by atoms with Crippen LogP contribution in [0.25, 0.3) is 0 Å². The number of thioether (sulfide) groups is 1. The molecule has 2 nitrogen and oxygen atoms in total. The van der Waals surface area contributed by atoms with Crippen LogP contribution in [0.1, 0.15) is 26.2 Å². The van der Waals surface area contributed by atoms with Crippen LogP contribution in [0, 0.1) is 0 Å². The second-order valence-corrected chi connectivity index (χ2v) is 5.72. The van der Waals surface area contributed by atoms with E-state index in [-0.39, 0.29) is 5.54 Å². The smallest absolute Gasteiger partial charge is 0.0167 e. The minimum atomic E-state index is 0.240. The Morgan fingerprint density at radius 2 is 2.31 bits per heavy atom. The first-order chi connectivity index (χ1) is 6.20. The van der Waals surface area contributed by atoms with Crippen molar-refractivity contribution in [2.75, 3.05) is 24.6 Å². The molecular formula is C10H20N2S. The maximum absolute atomic E-state index is 6.08. The van der Waals surface area contributed by atoms with Gasteiger partial charge in [0.1, 0.15) is 0 Å². The van der Waals surface area contributed by atoms with Gasteiger partial charge < -0.3 is 5.73 Å². The lowest BCUT2D eigenvalue weighted by atomic mass is 10.1. The van der Waals surface area contributed by atoms with Crippen molar-refractivity contribution < 1.29 is 0 Å². The van der Waals surface area contributed by atoms with Gasteiger partial charge in [-0.1, -0.05) is 0 Å². The number of nitrogens with zero attached hydrogens (tertiary/aromatic N) is 1. The van der Waals surface area contributed by atoms with E-state index in [4.69, 9.17) is 5.73 Å². The molecule has 13 heavy (non-hydrogen) atoms. The third-order valence-corrected chi connectivity index (χ3v) is 4.48. The van der Waals surface area contributed by atoms with E-state index >= 15 is 0 Å². The Morgan fingerprint density at radius 1 is 1.54 bits per heavy atom. The molecule has 0 aromatic heterocycles. The molecule has 1 heterocycles. The lowest BCUT2D eigenvalue weighted by molar-refractivity contribution is 0.222. The highest BCUT2D eigenvalue weighted by Crippen LogP contribution is 2.35. The second kappa shape index (κ2) is 3.79. The first-order valence-electron chi connectivity index (χ1n) is 5.30. The van der Waals surface area contributed by atoms with Crippen molar-refractivity contribution in [1.29, 1.82) is 0 Å². The molecule has 1 aliphatic heterocycles. The van der Waals surface area contributed by atoms with Gasteiger partial charge >= 0.3 is 0 Å². The van der Waals surface area contributed by atoms with Crippen LogP contribution in [-0.2, 0) is 0 Å². The van der Waals surface area contributed by atoms with E-state index in [2.05, 4.69) is 23.6 Å². The molecule has 2 rings (SSSR count). The highest BCUT2D eigenvalue weighted by Gasteiger charge is 2.38. The first kappa shape index (κ1) is 9.81. The molecule has 1 unspecified atom stereocenters. The summed E-state index contributed by atoms with van der Waals surface area (Å²) in [6.07, 6.45) is 3.72. The van der Waals surface area contributed by atoms with E-state index in [1.807, 2.05) is 0 Å². The van der Waals surface area contributed by atoms with Crippen LogP contribution in [0.4, 0.5) is 0 Å². The summed E-state index contributed by atoms with van der Waals surface area (Å²) >= 11 is 2.08. The van der Waals surface area contributed by atoms with Crippen LogP contribution in [-0.4, -0.2) is 41.1 Å². The van der Waals surface area contributed by atoms with Gasteiger partial charge in [0.2, 0.25) is 0 Å². The lowest BCUT2D eigenvalue weighted by Gasteiger charge is -2.33. The summed E-state index contributed by atoms with van der Waals surface area (Å²) in [7, 11) is 0. The minimum absolute atomic E-state index is 0.240. The van der Waals surface area contributed by atoms with Gasteiger partial charge in [-0.2, -0.15) is 11.8 Å². The Kier molecular flexibility index (Phi) is 2.86. The van der Waals surface area contributed by atoms with Crippen LogP contribution in [0.3, 0.4) is 0 Å². The normalized spacial score (nSPS) is 33.2. The summed E-state index contributed by atoms with van der Waals surface area (Å²) < 4.78 is 0. The summed E-state index contributed by atoms with van der Waals surface area (Å²) in [5, 5.41) is 0. The fourth-order valence-electron chi connectivity index (χ4n) is 1.87. The summed E-state index contributed by atoms with van der Waals surface area (Å²) in [6, 6.07) is 0.765. The van der Waals surface area contributed by atoms with Gasteiger partial charge in [-0.25, -0.2) is 0 Å². The molecule has 0 amide bonds. The molecule has 0 aromatic carbocycles. The van der Waals surface area contributed by atoms with E-state index in [0.29, 0.717) is 0 Å². The average molecular weight is 200 g/mol. The Morgan fingerprint density at radius 3 is 2.92 bits per heavy atom. The van der Waals surface area contributed by atoms with Crippen LogP contribution >= 0.6 is 11.8 Å². The van der Waals surface area contributed by atoms with Crippen LogP contribution < -0.4 is 5.73 Å². The van der Waals surface area contributed by atoms with Gasteiger partial charge in [-0.3, -0.25) is 4.90 Å². The Labute approximate surface area is 85.2 Å². The van der Waals surface area contributed by atoms with Crippen molar-refractivity contribution in [3.8, 4) is 0 Å². The Hall–Kier alpha value is 0.270. The van der Waals surface area contributed by atoms with Gasteiger partial charge in [-0.15, -0.1) is 0 Å². The summed E-state index contributed by atoms with van der Waals surface area (Å²) in [5.74, 6) is 2.61. The fourth-order valence-corrected chi connectivity index (χ4v) is 2.95. The molecule has 2 fully saturated rings. The Bertz CT molecular complexity index is 180. The maximum atomic E-state index is 6.08. The maximum Gasteiger partial charge on any atom is 0.0167 e. The zero-order chi connectivity index (χ0) is 9.31. The third-order valence-electron chi connectivity index (χ3n) is 3.29. The SMILES string of the molecule is CC1CSCCN1CCC1(N)CC1. The van der Waals surface area contributed by atoms with Gasteiger partial charge in [0.15, 0.2) is 0 Å². The highest BCUT2D eigenvalue weighted by atomic mass is 32.2. The number of hydrogen-bond donors (Lipinski definition) is 1. The molecule has 1 saturated heterocycles. The van der Waals surface area contributed by atoms with E-state index < -0.39 is 0 Å². The summed E-state index contributed by atoms with van der Waals surface area (Å²) in [5.41, 5.74) is 6.32. The molecule has 0 bridgehead atoms. The fraction of sp³-hybridized carbons (Fsp3) is 1.00. The molecule has 3 heteroatoms. The van der Waals surface area contributed by atoms with Crippen LogP contribution in [0.2, 0.25) is 0 Å². The van der Waals surface area contributed by atoms with Gasteiger partial charge in [-0.05, 0) is 26.2 Å². The number of hydrogen-bond acceptors (Lipinski definition) is 3. The molecule has 0 radical (unpaired) electrons. The molecule has 1 atom stereocenters. The van der Waals surface area contributed by atoms with Gasteiger partial charge in [0.05, 0.1) is 0 Å². The van der Waals surface area contributed by atoms with E-state index in [0.717, 1.165) is 6.04 Å². The number of rotatable bonds is 3. The van der Waals surface area contributed by atoms with Crippen molar-refractivity contribution in [2.45, 2.75) is 37.8 Å². The molecule has 1 aliphatic carbocycles. The highest BCUT2D eigenvalue weighted by molar-refractivity contribution is 7.99. The molecule has 2 N–H and O–H groups in total. The zero-order valence-corrected chi connectivity index (χ0v) is 9.28. The molecule has 2 aliphatic rings. The van der Waals surface area contributed by atoms with Crippen molar-refractivity contribution in [3.63, 3.8) is 0 Å². The third kappa shape index (κ3) is 2.61. The van der Waals surface area contributed by atoms with Crippen LogP contribution in [0.5, 0.6) is 0 Å². The number of nitrogens with two attached hydrogens (primary N) is 1. The molecule has 0 aromatic rings. The molecular weight excluding hydrogens is 180 g/mol. The zero-order valence-electron chi connectivity index (χ0n) is 8.46. The second-order valence-electron chi connectivity index (χ2n) is 4.57. The minimum Gasteiger partial charge on any atom is -0.325 e. The van der Waals surface area contributed by atoms with Gasteiger partial charge in [0.25, 0.3) is 0 Å². The largest absolute Gasteiger partial charge is 0.325 e. The predicted molar refractivity (Wildman–Crippen MR) is 59.1 cm³/mol. The summed E-state index contributed by atoms with van der Waals surface area (Å²) in [4.78, 5) is 2.60. The predicted octanol–water partition coefficient (Wildman–Crippen LogP) is 1.31. The van der Waals surface area contributed by atoms with Gasteiger partial charge in [0, 0.05) is 36.2 Å². The van der Waals surface area contributed by atoms with Crippen molar-refractivity contribution in [3.05, 3.63) is 0 Å². The topological polar surface area (TPSA) is 29.3 Å². The monoisotopic (exact) mass is 200 g/mol. The van der Waals surface area contributed by atoms with Crippen LogP contribution in [0.15, 0.2) is 0 Å². The molecule has 1 saturated carbocycles. The first-order valence-corrected chi connectivity index (χ1v) is 6.46. The molecule has 0 spiro atoms. The van der Waals surface area contributed by atoms with E-state index in [9.17, 15) is 0 Å². The molecule has 76 valence electrons. The van der Waals surface area contributed by atoms with Crippen molar-refractivity contribution in [1.82, 2.24) is 4.90 Å².